The summed E-state index contributed by atoms with van der Waals surface area (Å²) < 4.78 is 7.54. The standard InChI is InChI=1S/C18H22Cl2N2O2S/c1-2-3-4-5-10-25-18(23)24-17(12-22-9-8-21-13-22)15-7-6-14(19)11-16(15)20/h6-9,11,13,17H,2-5,10,12H2,1H3. The van der Waals surface area contributed by atoms with Gasteiger partial charge in [0.1, 0.15) is 6.10 Å². The molecule has 0 aliphatic rings. The molecule has 0 amide bonds. The Kier molecular flexibility index (Phi) is 8.65. The van der Waals surface area contributed by atoms with E-state index in [4.69, 9.17) is 27.9 Å². The van der Waals surface area contributed by atoms with Crippen LogP contribution in [-0.4, -0.2) is 20.6 Å². The van der Waals surface area contributed by atoms with Gasteiger partial charge in [0.05, 0.1) is 12.9 Å². The van der Waals surface area contributed by atoms with E-state index in [9.17, 15) is 4.79 Å². The van der Waals surface area contributed by atoms with Gasteiger partial charge in [-0.25, -0.2) is 9.78 Å². The number of carbonyl (C=O) groups excluding carboxylic acids is 1. The van der Waals surface area contributed by atoms with Crippen molar-refractivity contribution in [1.29, 1.82) is 0 Å². The van der Waals surface area contributed by atoms with Gasteiger partial charge in [0.25, 0.3) is 0 Å². The largest absolute Gasteiger partial charge is 0.447 e. The minimum atomic E-state index is -0.491. The summed E-state index contributed by atoms with van der Waals surface area (Å²) in [6, 6.07) is 5.20. The molecule has 7 heteroatoms. The molecule has 1 heterocycles. The van der Waals surface area contributed by atoms with E-state index in [0.717, 1.165) is 24.2 Å². The zero-order valence-corrected chi connectivity index (χ0v) is 16.5. The second kappa shape index (κ2) is 10.7. The Balaban J connectivity index is 2.00. The number of imidazole rings is 1. The fourth-order valence-electron chi connectivity index (χ4n) is 2.38. The molecule has 25 heavy (non-hydrogen) atoms. The lowest BCUT2D eigenvalue weighted by molar-refractivity contribution is 0.111. The molecule has 0 bridgehead atoms. The minimum absolute atomic E-state index is 0.285. The normalized spacial score (nSPS) is 12.1. The molecule has 0 aliphatic heterocycles. The third kappa shape index (κ3) is 6.92. The summed E-state index contributed by atoms with van der Waals surface area (Å²) >= 11 is 13.5. The maximum atomic E-state index is 12.2. The number of unbranched alkanes of at least 4 members (excludes halogenated alkanes) is 3. The molecule has 2 aromatic rings. The van der Waals surface area contributed by atoms with E-state index in [1.807, 2.05) is 10.8 Å². The van der Waals surface area contributed by atoms with Crippen LogP contribution in [0.3, 0.4) is 0 Å². The number of carbonyl (C=O) groups is 1. The molecule has 0 saturated carbocycles. The van der Waals surface area contributed by atoms with E-state index in [-0.39, 0.29) is 5.30 Å². The Bertz CT molecular complexity index is 665. The summed E-state index contributed by atoms with van der Waals surface area (Å²) in [6.07, 6.45) is 9.22. The van der Waals surface area contributed by atoms with E-state index < -0.39 is 6.10 Å². The third-order valence-electron chi connectivity index (χ3n) is 3.70. The molecule has 0 fully saturated rings. The first-order valence-corrected chi connectivity index (χ1v) is 10.1. The first kappa shape index (κ1) is 20.1. The van der Waals surface area contributed by atoms with Crippen LogP contribution in [0.2, 0.25) is 10.0 Å². The molecule has 0 aliphatic carbocycles. The summed E-state index contributed by atoms with van der Waals surface area (Å²) in [4.78, 5) is 16.2. The molecule has 1 aromatic carbocycles. The van der Waals surface area contributed by atoms with Gasteiger partial charge in [-0.15, -0.1) is 0 Å². The monoisotopic (exact) mass is 400 g/mol. The SMILES string of the molecule is CCCCCCSC(=O)OC(Cn1ccnc1)c1ccc(Cl)cc1Cl. The summed E-state index contributed by atoms with van der Waals surface area (Å²) in [6.45, 7) is 2.61. The summed E-state index contributed by atoms with van der Waals surface area (Å²) in [5.41, 5.74) is 0.736. The topological polar surface area (TPSA) is 44.1 Å². The van der Waals surface area contributed by atoms with Crippen molar-refractivity contribution in [3.63, 3.8) is 0 Å². The molecule has 0 radical (unpaired) electrons. The van der Waals surface area contributed by atoms with Crippen LogP contribution in [0.15, 0.2) is 36.9 Å². The van der Waals surface area contributed by atoms with Crippen LogP contribution in [0.25, 0.3) is 0 Å². The molecule has 1 unspecified atom stereocenters. The lowest BCUT2D eigenvalue weighted by Gasteiger charge is -2.20. The number of hydrogen-bond acceptors (Lipinski definition) is 4. The predicted molar refractivity (Wildman–Crippen MR) is 105 cm³/mol. The Labute approximate surface area is 162 Å². The first-order valence-electron chi connectivity index (χ1n) is 8.34. The Morgan fingerprint density at radius 1 is 1.32 bits per heavy atom. The zero-order valence-electron chi connectivity index (χ0n) is 14.2. The molecule has 0 spiro atoms. The highest BCUT2D eigenvalue weighted by molar-refractivity contribution is 8.13. The van der Waals surface area contributed by atoms with Crippen LogP contribution in [0, 0.1) is 0 Å². The quantitative estimate of drug-likeness (QED) is 0.361. The van der Waals surface area contributed by atoms with Gasteiger partial charge in [-0.3, -0.25) is 0 Å². The van der Waals surface area contributed by atoms with Gasteiger partial charge in [0.15, 0.2) is 0 Å². The molecule has 0 saturated heterocycles. The van der Waals surface area contributed by atoms with Crippen molar-refractivity contribution in [1.82, 2.24) is 9.55 Å². The number of nitrogens with zero attached hydrogens (tertiary/aromatic N) is 2. The predicted octanol–water partition coefficient (Wildman–Crippen LogP) is 6.38. The van der Waals surface area contributed by atoms with Crippen molar-refractivity contribution in [3.8, 4) is 0 Å². The smallest absolute Gasteiger partial charge is 0.367 e. The fraction of sp³-hybridized carbons (Fsp3) is 0.444. The van der Waals surface area contributed by atoms with Crippen LogP contribution >= 0.6 is 35.0 Å². The van der Waals surface area contributed by atoms with E-state index in [0.29, 0.717) is 16.6 Å². The highest BCUT2D eigenvalue weighted by atomic mass is 35.5. The third-order valence-corrected chi connectivity index (χ3v) is 5.09. The lowest BCUT2D eigenvalue weighted by atomic mass is 10.1. The second-order valence-corrected chi connectivity index (χ2v) is 7.56. The van der Waals surface area contributed by atoms with Crippen molar-refractivity contribution in [2.75, 3.05) is 5.75 Å². The maximum Gasteiger partial charge on any atom is 0.367 e. The van der Waals surface area contributed by atoms with Crippen LogP contribution in [0.5, 0.6) is 0 Å². The van der Waals surface area contributed by atoms with E-state index in [1.54, 1.807) is 30.7 Å². The Morgan fingerprint density at radius 2 is 2.16 bits per heavy atom. The van der Waals surface area contributed by atoms with Gasteiger partial charge in [-0.05, 0) is 30.3 Å². The van der Waals surface area contributed by atoms with Crippen LogP contribution in [0.4, 0.5) is 4.79 Å². The molecular formula is C18H22Cl2N2O2S. The number of aromatic nitrogens is 2. The van der Waals surface area contributed by atoms with E-state index in [1.165, 1.54) is 24.6 Å². The van der Waals surface area contributed by atoms with Crippen molar-refractivity contribution in [2.45, 2.75) is 45.3 Å². The van der Waals surface area contributed by atoms with Gasteiger partial charge in [-0.1, -0.05) is 55.5 Å². The molecule has 2 rings (SSSR count). The first-order chi connectivity index (χ1) is 12.1. The Hall–Kier alpha value is -1.17. The maximum absolute atomic E-state index is 12.2. The highest BCUT2D eigenvalue weighted by Gasteiger charge is 2.20. The van der Waals surface area contributed by atoms with Crippen LogP contribution in [0.1, 0.15) is 44.3 Å². The molecule has 136 valence electrons. The summed E-state index contributed by atoms with van der Waals surface area (Å²) in [5.74, 6) is 0.769. The number of hydrogen-bond donors (Lipinski definition) is 0. The number of rotatable bonds is 9. The molecular weight excluding hydrogens is 379 g/mol. The van der Waals surface area contributed by atoms with Gasteiger partial charge in [0.2, 0.25) is 0 Å². The zero-order chi connectivity index (χ0) is 18.1. The van der Waals surface area contributed by atoms with E-state index in [2.05, 4.69) is 11.9 Å². The average molecular weight is 401 g/mol. The second-order valence-electron chi connectivity index (χ2n) is 5.69. The number of halogens is 2. The highest BCUT2D eigenvalue weighted by Crippen LogP contribution is 2.31. The average Bonchev–Trinajstić information content (AvgIpc) is 3.07. The molecule has 0 N–H and O–H groups in total. The summed E-state index contributed by atoms with van der Waals surface area (Å²) in [7, 11) is 0. The minimum Gasteiger partial charge on any atom is -0.447 e. The van der Waals surface area contributed by atoms with Gasteiger partial charge in [0, 0.05) is 33.8 Å². The van der Waals surface area contributed by atoms with Crippen molar-refractivity contribution >= 4 is 40.3 Å². The van der Waals surface area contributed by atoms with Crippen molar-refractivity contribution in [3.05, 3.63) is 52.5 Å². The summed E-state index contributed by atoms with van der Waals surface area (Å²) in [5, 5.41) is 0.748. The molecule has 1 aromatic heterocycles. The van der Waals surface area contributed by atoms with Crippen LogP contribution < -0.4 is 0 Å². The Morgan fingerprint density at radius 3 is 2.84 bits per heavy atom. The lowest BCUT2D eigenvalue weighted by Crippen LogP contribution is -2.15. The van der Waals surface area contributed by atoms with Gasteiger partial charge >= 0.3 is 5.30 Å². The number of ether oxygens (including phenoxy) is 1. The number of benzene rings is 1. The fourth-order valence-corrected chi connectivity index (χ4v) is 3.61. The van der Waals surface area contributed by atoms with Crippen LogP contribution in [-0.2, 0) is 11.3 Å². The van der Waals surface area contributed by atoms with Crippen molar-refractivity contribution in [2.24, 2.45) is 0 Å². The molecule has 1 atom stereocenters. The van der Waals surface area contributed by atoms with Crippen molar-refractivity contribution < 1.29 is 9.53 Å². The van der Waals surface area contributed by atoms with Gasteiger partial charge < -0.3 is 9.30 Å². The van der Waals surface area contributed by atoms with E-state index >= 15 is 0 Å². The number of thioether (sulfide) groups is 1. The molecule has 4 nitrogen and oxygen atoms in total. The van der Waals surface area contributed by atoms with Gasteiger partial charge in [-0.2, -0.15) is 0 Å².